The maximum absolute atomic E-state index is 16.5. The third-order valence-corrected chi connectivity index (χ3v) is 7.88. The van der Waals surface area contributed by atoms with E-state index in [0.717, 1.165) is 0 Å². The van der Waals surface area contributed by atoms with E-state index in [-0.39, 0.29) is 33.7 Å². The number of fused-ring (bicyclic) bond motifs is 1. The molecule has 2 heterocycles. The summed E-state index contributed by atoms with van der Waals surface area (Å²) in [4.78, 5) is 26.6. The van der Waals surface area contributed by atoms with Gasteiger partial charge in [-0.25, -0.2) is 17.7 Å². The number of nitrogens with one attached hydrogen (secondary N) is 2. The van der Waals surface area contributed by atoms with Crippen LogP contribution in [-0.2, 0) is 5.54 Å². The number of rotatable bonds is 7. The van der Waals surface area contributed by atoms with Gasteiger partial charge >= 0.3 is 0 Å². The Morgan fingerprint density at radius 2 is 1.67 bits per heavy atom. The van der Waals surface area contributed by atoms with E-state index in [4.69, 9.17) is 4.74 Å². The average molecular weight is 585 g/mol. The van der Waals surface area contributed by atoms with Gasteiger partial charge in [0, 0.05) is 29.9 Å². The summed E-state index contributed by atoms with van der Waals surface area (Å²) in [5.41, 5.74) is 1.40. The highest BCUT2D eigenvalue weighted by Gasteiger charge is 2.47. The minimum atomic E-state index is -0.834. The summed E-state index contributed by atoms with van der Waals surface area (Å²) in [6.07, 6.45) is 2.67. The molecule has 5 aromatic rings. The molecule has 1 aliphatic carbocycles. The monoisotopic (exact) mass is 584 g/mol. The van der Waals surface area contributed by atoms with Gasteiger partial charge < -0.3 is 15.4 Å². The molecule has 0 spiro atoms. The predicted molar refractivity (Wildman–Crippen MR) is 155 cm³/mol. The number of aromatic nitrogens is 2. The van der Waals surface area contributed by atoms with E-state index in [2.05, 4.69) is 15.7 Å². The van der Waals surface area contributed by atoms with Crippen molar-refractivity contribution in [2.45, 2.75) is 25.3 Å². The number of halogens is 3. The Bertz CT molecular complexity index is 1910. The number of methoxy groups -OCH3 is 1. The van der Waals surface area contributed by atoms with Crippen molar-refractivity contribution in [2.24, 2.45) is 0 Å². The van der Waals surface area contributed by atoms with E-state index >= 15 is 4.39 Å². The fourth-order valence-electron chi connectivity index (χ4n) is 5.49. The third-order valence-electron chi connectivity index (χ3n) is 7.88. The summed E-state index contributed by atoms with van der Waals surface area (Å²) in [6, 6.07) is 16.4. The summed E-state index contributed by atoms with van der Waals surface area (Å²) in [7, 11) is 2.86. The zero-order valence-corrected chi connectivity index (χ0v) is 23.6. The fraction of sp³-hybridized carbons (Fsp3) is 0.182. The van der Waals surface area contributed by atoms with Crippen LogP contribution in [-0.4, -0.2) is 35.6 Å². The Labute approximate surface area is 245 Å². The van der Waals surface area contributed by atoms with E-state index in [1.165, 1.54) is 67.3 Å². The first-order valence-electron chi connectivity index (χ1n) is 13.6. The number of carbonyl (C=O) groups excluding carboxylic acids is 2. The Morgan fingerprint density at radius 3 is 2.33 bits per heavy atom. The Morgan fingerprint density at radius 1 is 0.953 bits per heavy atom. The molecule has 1 aliphatic rings. The molecule has 0 unspecified atom stereocenters. The highest BCUT2D eigenvalue weighted by molar-refractivity contribution is 6.07. The number of hydrogen-bond donors (Lipinski definition) is 2. The van der Waals surface area contributed by atoms with Gasteiger partial charge in [0.1, 0.15) is 28.6 Å². The van der Waals surface area contributed by atoms with Crippen molar-refractivity contribution in [2.75, 3.05) is 14.2 Å². The lowest BCUT2D eigenvalue weighted by molar-refractivity contribution is 0.0925. The molecule has 7 nitrogen and oxygen atoms in total. The first-order chi connectivity index (χ1) is 20.7. The molecule has 1 fully saturated rings. The standard InChI is InChI=1S/C33H27F3N4O3/c1-18-16-26(43-3)23(31(41)38-33(13-14-33)24-6-4-5-7-25(24)35)17-22(18)21-12-15-40-30(28(21)36)27(32(42)37-2)29(39-40)19-8-10-20(34)11-9-19/h4-12,15-17H,13-14H2,1-3H3,(H,37,42)(H,38,41). The van der Waals surface area contributed by atoms with Crippen LogP contribution >= 0.6 is 0 Å². The number of aryl methyl sites for hydroxylation is 1. The molecule has 2 amide bonds. The third kappa shape index (κ3) is 4.78. The molecule has 0 saturated heterocycles. The summed E-state index contributed by atoms with van der Waals surface area (Å²) in [5.74, 6) is -2.38. The first kappa shape index (κ1) is 28.0. The van der Waals surface area contributed by atoms with Crippen molar-refractivity contribution < 1.29 is 27.5 Å². The highest BCUT2D eigenvalue weighted by atomic mass is 19.1. The maximum atomic E-state index is 16.5. The quantitative estimate of drug-likeness (QED) is 0.239. The number of ether oxygens (including phenoxy) is 1. The minimum Gasteiger partial charge on any atom is -0.496 e. The van der Waals surface area contributed by atoms with Gasteiger partial charge in [0.05, 0.1) is 23.8 Å². The second-order valence-electron chi connectivity index (χ2n) is 10.5. The molecule has 10 heteroatoms. The zero-order chi connectivity index (χ0) is 30.5. The van der Waals surface area contributed by atoms with Crippen LogP contribution in [0.5, 0.6) is 5.75 Å². The zero-order valence-electron chi connectivity index (χ0n) is 23.6. The van der Waals surface area contributed by atoms with E-state index in [1.807, 2.05) is 0 Å². The van der Waals surface area contributed by atoms with Gasteiger partial charge in [0.2, 0.25) is 0 Å². The van der Waals surface area contributed by atoms with Crippen LogP contribution in [0.15, 0.2) is 72.9 Å². The van der Waals surface area contributed by atoms with E-state index in [9.17, 15) is 18.4 Å². The van der Waals surface area contributed by atoms with E-state index in [1.54, 1.807) is 31.2 Å². The molecule has 0 radical (unpaired) electrons. The van der Waals surface area contributed by atoms with Crippen molar-refractivity contribution in [1.29, 1.82) is 0 Å². The molecule has 218 valence electrons. The smallest absolute Gasteiger partial charge is 0.255 e. The van der Waals surface area contributed by atoms with Crippen LogP contribution in [0.1, 0.15) is 44.7 Å². The minimum absolute atomic E-state index is 0.0156. The predicted octanol–water partition coefficient (Wildman–Crippen LogP) is 6.18. The lowest BCUT2D eigenvalue weighted by Gasteiger charge is -2.20. The van der Waals surface area contributed by atoms with Crippen LogP contribution in [0.3, 0.4) is 0 Å². The van der Waals surface area contributed by atoms with Crippen LogP contribution in [0.4, 0.5) is 13.2 Å². The molecular formula is C33H27F3N4O3. The van der Waals surface area contributed by atoms with Gasteiger partial charge in [-0.15, -0.1) is 0 Å². The second-order valence-corrected chi connectivity index (χ2v) is 10.5. The number of carbonyl (C=O) groups is 2. The maximum Gasteiger partial charge on any atom is 0.255 e. The van der Waals surface area contributed by atoms with Gasteiger partial charge in [-0.1, -0.05) is 18.2 Å². The highest BCUT2D eigenvalue weighted by Crippen LogP contribution is 2.47. The second kappa shape index (κ2) is 10.6. The molecule has 0 atom stereocenters. The van der Waals surface area contributed by atoms with Gasteiger partial charge in [0.25, 0.3) is 11.8 Å². The molecule has 43 heavy (non-hydrogen) atoms. The summed E-state index contributed by atoms with van der Waals surface area (Å²) in [6.45, 7) is 1.75. The number of nitrogens with zero attached hydrogens (tertiary/aromatic N) is 2. The van der Waals surface area contributed by atoms with Crippen LogP contribution < -0.4 is 15.4 Å². The molecular weight excluding hydrogens is 557 g/mol. The van der Waals surface area contributed by atoms with E-state index in [0.29, 0.717) is 35.1 Å². The molecule has 0 aliphatic heterocycles. The van der Waals surface area contributed by atoms with Crippen molar-refractivity contribution >= 4 is 17.3 Å². The van der Waals surface area contributed by atoms with Gasteiger partial charge in [-0.05, 0) is 79.4 Å². The first-order valence-corrected chi connectivity index (χ1v) is 13.6. The molecule has 6 rings (SSSR count). The largest absolute Gasteiger partial charge is 0.496 e. The topological polar surface area (TPSA) is 84.7 Å². The van der Waals surface area contributed by atoms with Crippen LogP contribution in [0, 0.1) is 24.4 Å². The van der Waals surface area contributed by atoms with Crippen molar-refractivity contribution in [3.8, 4) is 28.1 Å². The van der Waals surface area contributed by atoms with Crippen molar-refractivity contribution in [1.82, 2.24) is 20.2 Å². The lowest BCUT2D eigenvalue weighted by Crippen LogP contribution is -2.35. The van der Waals surface area contributed by atoms with E-state index < -0.39 is 34.8 Å². The number of benzene rings is 3. The fourth-order valence-corrected chi connectivity index (χ4v) is 5.49. The normalized spacial score (nSPS) is 13.5. The Hall–Kier alpha value is -5.12. The Kier molecular flexibility index (Phi) is 6.92. The molecule has 0 bridgehead atoms. The SMILES string of the molecule is CNC(=O)c1c(-c2ccc(F)cc2)nn2ccc(-c3cc(C(=O)NC4(c5ccccc5F)CC4)c(OC)cc3C)c(F)c12. The van der Waals surface area contributed by atoms with Crippen molar-refractivity contribution in [3.05, 3.63) is 113 Å². The molecule has 2 aromatic heterocycles. The van der Waals surface area contributed by atoms with Gasteiger partial charge in [0.15, 0.2) is 5.82 Å². The average Bonchev–Trinajstić information content (AvgIpc) is 3.67. The Balaban J connectivity index is 1.47. The van der Waals surface area contributed by atoms with Crippen LogP contribution in [0.25, 0.3) is 27.9 Å². The van der Waals surface area contributed by atoms with Gasteiger partial charge in [-0.2, -0.15) is 5.10 Å². The molecule has 2 N–H and O–H groups in total. The number of pyridine rings is 1. The molecule has 3 aromatic carbocycles. The van der Waals surface area contributed by atoms with Crippen molar-refractivity contribution in [3.63, 3.8) is 0 Å². The summed E-state index contributed by atoms with van der Waals surface area (Å²) < 4.78 is 51.4. The van der Waals surface area contributed by atoms with Crippen LogP contribution in [0.2, 0.25) is 0 Å². The summed E-state index contributed by atoms with van der Waals surface area (Å²) >= 11 is 0. The number of amides is 2. The summed E-state index contributed by atoms with van der Waals surface area (Å²) in [5, 5.41) is 9.94. The number of hydrogen-bond acceptors (Lipinski definition) is 4. The lowest BCUT2D eigenvalue weighted by atomic mass is 9.95. The molecule has 1 saturated carbocycles. The van der Waals surface area contributed by atoms with Gasteiger partial charge in [-0.3, -0.25) is 9.59 Å².